The topological polar surface area (TPSA) is 113 Å². The third-order valence-corrected chi connectivity index (χ3v) is 5.15. The predicted molar refractivity (Wildman–Crippen MR) is 115 cm³/mol. The number of thioether (sulfide) groups is 2. The van der Waals surface area contributed by atoms with Gasteiger partial charge in [0.1, 0.15) is 0 Å². The van der Waals surface area contributed by atoms with E-state index in [4.69, 9.17) is 0 Å². The number of nitrogens with zero attached hydrogens (tertiary/aromatic N) is 1. The first-order valence-corrected chi connectivity index (χ1v) is 10.9. The maximum Gasteiger partial charge on any atom is 0.253 e. The van der Waals surface area contributed by atoms with Gasteiger partial charge >= 0.3 is 0 Å². The van der Waals surface area contributed by atoms with Gasteiger partial charge in [-0.05, 0) is 12.1 Å². The maximum atomic E-state index is 12.7. The van der Waals surface area contributed by atoms with Crippen molar-refractivity contribution in [1.29, 1.82) is 0 Å². The molecule has 0 unspecified atom stereocenters. The summed E-state index contributed by atoms with van der Waals surface area (Å²) in [5.41, 5.74) is 0.504. The molecule has 0 atom stereocenters. The number of hydrogen-bond donors (Lipinski definition) is 2. The number of carbonyl (C=O) groups excluding carboxylic acids is 5. The van der Waals surface area contributed by atoms with E-state index < -0.39 is 0 Å². The summed E-state index contributed by atoms with van der Waals surface area (Å²) in [5.74, 6) is -0.721. The summed E-state index contributed by atoms with van der Waals surface area (Å²) in [6.07, 6.45) is 0. The molecule has 0 spiro atoms. The Labute approximate surface area is 178 Å². The average Bonchev–Trinajstić information content (AvgIpc) is 2.69. The summed E-state index contributed by atoms with van der Waals surface area (Å²) >= 11 is 1.84. The second-order valence-electron chi connectivity index (χ2n) is 5.92. The molecule has 0 saturated carbocycles. The maximum absolute atomic E-state index is 12.7. The van der Waals surface area contributed by atoms with Crippen LogP contribution < -0.4 is 10.6 Å². The fraction of sp³-hybridized carbons (Fsp3) is 0.421. The Balaban J connectivity index is 2.56. The van der Waals surface area contributed by atoms with Gasteiger partial charge in [0.15, 0.2) is 10.2 Å². The number of amides is 3. The van der Waals surface area contributed by atoms with E-state index in [1.54, 1.807) is 30.3 Å². The number of benzene rings is 1. The second kappa shape index (κ2) is 13.8. The molecular weight excluding hydrogens is 414 g/mol. The minimum Gasteiger partial charge on any atom is -0.354 e. The quantitative estimate of drug-likeness (QED) is 0.527. The van der Waals surface area contributed by atoms with Crippen LogP contribution in [0.1, 0.15) is 24.2 Å². The van der Waals surface area contributed by atoms with Gasteiger partial charge in [-0.25, -0.2) is 0 Å². The number of rotatable bonds is 11. The van der Waals surface area contributed by atoms with E-state index in [9.17, 15) is 24.0 Å². The molecule has 3 amide bonds. The van der Waals surface area contributed by atoms with E-state index in [-0.39, 0.29) is 65.6 Å². The van der Waals surface area contributed by atoms with Crippen molar-refractivity contribution in [2.24, 2.45) is 0 Å². The highest BCUT2D eigenvalue weighted by atomic mass is 32.2. The van der Waals surface area contributed by atoms with E-state index in [1.165, 1.54) is 18.7 Å². The third kappa shape index (κ3) is 11.3. The van der Waals surface area contributed by atoms with Crippen LogP contribution in [0.3, 0.4) is 0 Å². The number of nitrogens with one attached hydrogen (secondary N) is 2. The lowest BCUT2D eigenvalue weighted by Gasteiger charge is -2.23. The molecule has 0 radical (unpaired) electrons. The van der Waals surface area contributed by atoms with Crippen LogP contribution in [0.15, 0.2) is 30.3 Å². The highest BCUT2D eigenvalue weighted by Gasteiger charge is 2.16. The van der Waals surface area contributed by atoms with Crippen LogP contribution in [0.4, 0.5) is 0 Å². The standard InChI is InChI=1S/C19H25N3O5S2/c1-14(23)28-12-17(25)20-8-10-22(19(27)16-6-4-3-5-7-16)11-9-21-18(26)13-29-15(2)24/h3-7H,8-13H2,1-2H3,(H,20,25)(H,21,26). The summed E-state index contributed by atoms with van der Waals surface area (Å²) in [5, 5.41) is 5.07. The predicted octanol–water partition coefficient (Wildman–Crippen LogP) is 0.921. The molecule has 0 saturated heterocycles. The molecule has 2 N–H and O–H groups in total. The lowest BCUT2D eigenvalue weighted by atomic mass is 10.2. The molecule has 0 aromatic heterocycles. The van der Waals surface area contributed by atoms with Crippen molar-refractivity contribution in [3.05, 3.63) is 35.9 Å². The van der Waals surface area contributed by atoms with E-state index in [0.717, 1.165) is 23.5 Å². The van der Waals surface area contributed by atoms with Crippen molar-refractivity contribution >= 4 is 51.5 Å². The highest BCUT2D eigenvalue weighted by Crippen LogP contribution is 2.05. The molecule has 0 aliphatic carbocycles. The normalized spacial score (nSPS) is 10.1. The zero-order chi connectivity index (χ0) is 21.6. The van der Waals surface area contributed by atoms with Crippen molar-refractivity contribution in [2.45, 2.75) is 13.8 Å². The van der Waals surface area contributed by atoms with Gasteiger partial charge in [-0.1, -0.05) is 41.7 Å². The summed E-state index contributed by atoms with van der Waals surface area (Å²) in [4.78, 5) is 59.5. The molecule has 0 heterocycles. The summed E-state index contributed by atoms with van der Waals surface area (Å²) in [6, 6.07) is 8.71. The van der Waals surface area contributed by atoms with Crippen LogP contribution in [0.25, 0.3) is 0 Å². The molecule has 158 valence electrons. The van der Waals surface area contributed by atoms with Crippen molar-refractivity contribution in [1.82, 2.24) is 15.5 Å². The number of carbonyl (C=O) groups is 5. The molecule has 1 rings (SSSR count). The zero-order valence-corrected chi connectivity index (χ0v) is 18.1. The molecule has 0 aliphatic rings. The first-order chi connectivity index (χ1) is 13.8. The average molecular weight is 440 g/mol. The lowest BCUT2D eigenvalue weighted by Crippen LogP contribution is -2.43. The van der Waals surface area contributed by atoms with E-state index >= 15 is 0 Å². The molecule has 0 fully saturated rings. The Bertz CT molecular complexity index is 692. The fourth-order valence-corrected chi connectivity index (χ4v) is 3.05. The molecule has 1 aromatic rings. The Morgan fingerprint density at radius 3 is 1.66 bits per heavy atom. The van der Waals surface area contributed by atoms with E-state index in [0.29, 0.717) is 5.56 Å². The van der Waals surface area contributed by atoms with Crippen LogP contribution in [-0.4, -0.2) is 70.5 Å². The Hall–Kier alpha value is -2.33. The highest BCUT2D eigenvalue weighted by molar-refractivity contribution is 8.14. The minimum absolute atomic E-state index is 0.0336. The van der Waals surface area contributed by atoms with Crippen molar-refractivity contribution in [3.8, 4) is 0 Å². The minimum atomic E-state index is -0.285. The van der Waals surface area contributed by atoms with E-state index in [2.05, 4.69) is 10.6 Å². The molecule has 29 heavy (non-hydrogen) atoms. The van der Waals surface area contributed by atoms with Crippen LogP contribution in [0.5, 0.6) is 0 Å². The van der Waals surface area contributed by atoms with E-state index in [1.807, 2.05) is 0 Å². The zero-order valence-electron chi connectivity index (χ0n) is 16.4. The summed E-state index contributed by atoms with van der Waals surface area (Å²) in [6.45, 7) is 3.74. The van der Waals surface area contributed by atoms with Crippen LogP contribution in [0.2, 0.25) is 0 Å². The van der Waals surface area contributed by atoms with Gasteiger partial charge < -0.3 is 15.5 Å². The van der Waals surface area contributed by atoms with Crippen LogP contribution >= 0.6 is 23.5 Å². The van der Waals surface area contributed by atoms with Crippen LogP contribution in [-0.2, 0) is 19.2 Å². The lowest BCUT2D eigenvalue weighted by molar-refractivity contribution is -0.119. The Morgan fingerprint density at radius 2 is 1.24 bits per heavy atom. The smallest absolute Gasteiger partial charge is 0.253 e. The van der Waals surface area contributed by atoms with Crippen LogP contribution in [0, 0.1) is 0 Å². The third-order valence-electron chi connectivity index (χ3n) is 3.53. The Kier molecular flexibility index (Phi) is 11.7. The molecule has 1 aromatic carbocycles. The molecule has 0 bridgehead atoms. The van der Waals surface area contributed by atoms with Crippen molar-refractivity contribution in [3.63, 3.8) is 0 Å². The van der Waals surface area contributed by atoms with Gasteiger partial charge in [-0.3, -0.25) is 24.0 Å². The first kappa shape index (κ1) is 24.7. The second-order valence-corrected chi connectivity index (χ2v) is 8.22. The molecule has 8 nitrogen and oxygen atoms in total. The van der Waals surface area contributed by atoms with Gasteiger partial charge in [0.05, 0.1) is 11.5 Å². The van der Waals surface area contributed by atoms with Gasteiger partial charge in [-0.2, -0.15) is 0 Å². The van der Waals surface area contributed by atoms with Gasteiger partial charge in [0.2, 0.25) is 11.8 Å². The molecular formula is C19H25N3O5S2. The SMILES string of the molecule is CC(=O)SCC(=O)NCCN(CCNC(=O)CSC(C)=O)C(=O)c1ccccc1. The summed E-state index contributed by atoms with van der Waals surface area (Å²) < 4.78 is 0. The Morgan fingerprint density at radius 1 is 0.793 bits per heavy atom. The fourth-order valence-electron chi connectivity index (χ4n) is 2.18. The van der Waals surface area contributed by atoms with Gasteiger partial charge in [0, 0.05) is 45.6 Å². The van der Waals surface area contributed by atoms with Crippen molar-refractivity contribution in [2.75, 3.05) is 37.7 Å². The largest absolute Gasteiger partial charge is 0.354 e. The monoisotopic (exact) mass is 439 g/mol. The molecule has 10 heteroatoms. The van der Waals surface area contributed by atoms with Crippen molar-refractivity contribution < 1.29 is 24.0 Å². The molecule has 0 aliphatic heterocycles. The van der Waals surface area contributed by atoms with Gasteiger partial charge in [0.25, 0.3) is 5.91 Å². The first-order valence-electron chi connectivity index (χ1n) is 8.94. The summed E-state index contributed by atoms with van der Waals surface area (Å²) in [7, 11) is 0. The number of hydrogen-bond acceptors (Lipinski definition) is 7. The van der Waals surface area contributed by atoms with Gasteiger partial charge in [-0.15, -0.1) is 0 Å².